The molecule has 0 aliphatic heterocycles. The topological polar surface area (TPSA) is 84.6 Å². The molecule has 0 radical (unpaired) electrons. The van der Waals surface area contributed by atoms with Crippen molar-refractivity contribution >= 4 is 29.1 Å². The van der Waals surface area contributed by atoms with E-state index in [1.807, 2.05) is 12.1 Å². The number of rotatable bonds is 5. The van der Waals surface area contributed by atoms with Crippen LogP contribution < -0.4 is 5.43 Å². The number of benzene rings is 1. The minimum atomic E-state index is -0.512. The predicted octanol–water partition coefficient (Wildman–Crippen LogP) is 2.98. The van der Waals surface area contributed by atoms with Crippen LogP contribution in [-0.2, 0) is 6.42 Å². The Morgan fingerprint density at radius 3 is 2.62 bits per heavy atom. The number of nitro groups is 1. The minimum Gasteiger partial charge on any atom is -0.267 e. The van der Waals surface area contributed by atoms with Crippen LogP contribution in [-0.4, -0.2) is 17.0 Å². The maximum absolute atomic E-state index is 11.8. The molecule has 0 fully saturated rings. The van der Waals surface area contributed by atoms with Gasteiger partial charge in [0.05, 0.1) is 11.1 Å². The van der Waals surface area contributed by atoms with E-state index in [9.17, 15) is 14.9 Å². The Bertz CT molecular complexity index is 677. The number of non-ortho nitro benzene ring substituents is 1. The number of thiophene rings is 1. The Hall–Kier alpha value is -2.54. The standard InChI is InChI=1S/C14H13N3O3S/c1-2-12-7-8-13(21-12)9-15-16-14(18)10-3-5-11(6-4-10)17(19)20/h3-9H,2H2,1H3,(H,16,18). The van der Waals surface area contributed by atoms with Crippen molar-refractivity contribution in [2.45, 2.75) is 13.3 Å². The SMILES string of the molecule is CCc1ccc(C=NNC(=O)c2ccc([N+](=O)[O-])cc2)s1. The van der Waals surface area contributed by atoms with E-state index in [4.69, 9.17) is 0 Å². The van der Waals surface area contributed by atoms with Gasteiger partial charge in [-0.15, -0.1) is 11.3 Å². The molecule has 0 bridgehead atoms. The molecular formula is C14H13N3O3S. The van der Waals surface area contributed by atoms with Gasteiger partial charge in [0.2, 0.25) is 0 Å². The third-order valence-corrected chi connectivity index (χ3v) is 3.89. The number of nitro benzene ring substituents is 1. The summed E-state index contributed by atoms with van der Waals surface area (Å²) in [7, 11) is 0. The highest BCUT2D eigenvalue weighted by Gasteiger charge is 2.08. The lowest BCUT2D eigenvalue weighted by Crippen LogP contribution is -2.17. The van der Waals surface area contributed by atoms with E-state index in [1.165, 1.54) is 29.1 Å². The first-order valence-electron chi connectivity index (χ1n) is 6.26. The second-order valence-electron chi connectivity index (χ2n) is 4.16. The number of hydrogen-bond acceptors (Lipinski definition) is 5. The van der Waals surface area contributed by atoms with Gasteiger partial charge in [-0.25, -0.2) is 5.43 Å². The van der Waals surface area contributed by atoms with Crippen LogP contribution in [0.25, 0.3) is 0 Å². The van der Waals surface area contributed by atoms with Crippen LogP contribution in [0.4, 0.5) is 5.69 Å². The van der Waals surface area contributed by atoms with Gasteiger partial charge < -0.3 is 0 Å². The molecule has 0 spiro atoms. The average Bonchev–Trinajstić information content (AvgIpc) is 2.95. The number of nitrogens with zero attached hydrogens (tertiary/aromatic N) is 2. The molecule has 0 aliphatic rings. The van der Waals surface area contributed by atoms with Gasteiger partial charge in [-0.1, -0.05) is 6.92 Å². The Morgan fingerprint density at radius 2 is 2.05 bits per heavy atom. The lowest BCUT2D eigenvalue weighted by atomic mass is 10.2. The van der Waals surface area contributed by atoms with Crippen molar-refractivity contribution in [1.29, 1.82) is 0 Å². The zero-order valence-corrected chi connectivity index (χ0v) is 12.1. The summed E-state index contributed by atoms with van der Waals surface area (Å²) in [6.45, 7) is 2.07. The zero-order chi connectivity index (χ0) is 15.2. The van der Waals surface area contributed by atoms with Crippen molar-refractivity contribution in [3.8, 4) is 0 Å². The van der Waals surface area contributed by atoms with Crippen LogP contribution in [0.15, 0.2) is 41.5 Å². The molecule has 2 rings (SSSR count). The number of nitrogens with one attached hydrogen (secondary N) is 1. The molecule has 0 atom stereocenters. The summed E-state index contributed by atoms with van der Waals surface area (Å²) >= 11 is 1.61. The Labute approximate surface area is 125 Å². The molecule has 1 N–H and O–H groups in total. The Morgan fingerprint density at radius 1 is 1.33 bits per heavy atom. The van der Waals surface area contributed by atoms with Crippen molar-refractivity contribution in [3.63, 3.8) is 0 Å². The van der Waals surface area contributed by atoms with Gasteiger partial charge in [-0.05, 0) is 30.7 Å². The first-order chi connectivity index (χ1) is 10.1. The smallest absolute Gasteiger partial charge is 0.267 e. The molecule has 1 aromatic heterocycles. The highest BCUT2D eigenvalue weighted by molar-refractivity contribution is 7.13. The molecule has 0 aliphatic carbocycles. The van der Waals surface area contributed by atoms with Crippen LogP contribution in [0.5, 0.6) is 0 Å². The fraction of sp³-hybridized carbons (Fsp3) is 0.143. The number of hydrazone groups is 1. The fourth-order valence-electron chi connectivity index (χ4n) is 1.61. The van der Waals surface area contributed by atoms with Crippen LogP contribution >= 0.6 is 11.3 Å². The van der Waals surface area contributed by atoms with Crippen LogP contribution in [0.3, 0.4) is 0 Å². The molecule has 0 saturated heterocycles. The van der Waals surface area contributed by atoms with E-state index in [0.717, 1.165) is 11.3 Å². The van der Waals surface area contributed by atoms with Gasteiger partial charge in [0.25, 0.3) is 11.6 Å². The van der Waals surface area contributed by atoms with E-state index in [1.54, 1.807) is 17.6 Å². The summed E-state index contributed by atoms with van der Waals surface area (Å²) in [5.74, 6) is -0.409. The number of aryl methyl sites for hydroxylation is 1. The first kappa shape index (κ1) is 14.9. The van der Waals surface area contributed by atoms with E-state index < -0.39 is 10.8 Å². The van der Waals surface area contributed by atoms with Crippen molar-refractivity contribution in [2.75, 3.05) is 0 Å². The summed E-state index contributed by atoms with van der Waals surface area (Å²) < 4.78 is 0. The summed E-state index contributed by atoms with van der Waals surface area (Å²) in [4.78, 5) is 24.0. The molecule has 1 aromatic carbocycles. The van der Waals surface area contributed by atoms with Gasteiger partial charge in [-0.2, -0.15) is 5.10 Å². The molecular weight excluding hydrogens is 290 g/mol. The number of carbonyl (C=O) groups excluding carboxylic acids is 1. The molecule has 21 heavy (non-hydrogen) atoms. The van der Waals surface area contributed by atoms with Gasteiger partial charge >= 0.3 is 0 Å². The Balaban J connectivity index is 1.96. The summed E-state index contributed by atoms with van der Waals surface area (Å²) in [5, 5.41) is 14.4. The quantitative estimate of drug-likeness (QED) is 0.523. The molecule has 1 amide bonds. The molecule has 6 nitrogen and oxygen atoms in total. The summed E-state index contributed by atoms with van der Waals surface area (Å²) in [6.07, 6.45) is 2.54. The number of amides is 1. The zero-order valence-electron chi connectivity index (χ0n) is 11.3. The van der Waals surface area contributed by atoms with E-state index >= 15 is 0 Å². The van der Waals surface area contributed by atoms with Crippen molar-refractivity contribution in [3.05, 3.63) is 61.8 Å². The molecule has 0 saturated carbocycles. The largest absolute Gasteiger partial charge is 0.271 e. The van der Waals surface area contributed by atoms with Crippen LogP contribution in [0.2, 0.25) is 0 Å². The van der Waals surface area contributed by atoms with E-state index in [2.05, 4.69) is 17.5 Å². The third kappa shape index (κ3) is 3.96. The predicted molar refractivity (Wildman–Crippen MR) is 81.9 cm³/mol. The van der Waals surface area contributed by atoms with Gasteiger partial charge in [0.1, 0.15) is 0 Å². The molecule has 7 heteroatoms. The van der Waals surface area contributed by atoms with Crippen LogP contribution in [0.1, 0.15) is 27.0 Å². The lowest BCUT2D eigenvalue weighted by molar-refractivity contribution is -0.384. The van der Waals surface area contributed by atoms with E-state index in [0.29, 0.717) is 5.56 Å². The van der Waals surface area contributed by atoms with Gasteiger partial charge in [0, 0.05) is 27.5 Å². The minimum absolute atomic E-state index is 0.0549. The highest BCUT2D eigenvalue weighted by Crippen LogP contribution is 2.15. The Kier molecular flexibility index (Phi) is 4.78. The molecule has 0 unspecified atom stereocenters. The normalized spacial score (nSPS) is 10.7. The fourth-order valence-corrected chi connectivity index (χ4v) is 2.43. The monoisotopic (exact) mass is 303 g/mol. The maximum atomic E-state index is 11.8. The summed E-state index contributed by atoms with van der Waals surface area (Å²) in [5.41, 5.74) is 2.65. The highest BCUT2D eigenvalue weighted by atomic mass is 32.1. The van der Waals surface area contributed by atoms with Crippen LogP contribution in [0, 0.1) is 10.1 Å². The molecule has 1 heterocycles. The number of carbonyl (C=O) groups is 1. The van der Waals surface area contributed by atoms with Gasteiger partial charge in [-0.3, -0.25) is 14.9 Å². The van der Waals surface area contributed by atoms with Crippen molar-refractivity contribution < 1.29 is 9.72 Å². The lowest BCUT2D eigenvalue weighted by Gasteiger charge is -1.98. The molecule has 108 valence electrons. The second-order valence-corrected chi connectivity index (χ2v) is 5.36. The first-order valence-corrected chi connectivity index (χ1v) is 7.08. The van der Waals surface area contributed by atoms with Crippen molar-refractivity contribution in [2.24, 2.45) is 5.10 Å². The van der Waals surface area contributed by atoms with Crippen molar-refractivity contribution in [1.82, 2.24) is 5.43 Å². The van der Waals surface area contributed by atoms with E-state index in [-0.39, 0.29) is 5.69 Å². The third-order valence-electron chi connectivity index (χ3n) is 2.73. The average molecular weight is 303 g/mol. The maximum Gasteiger partial charge on any atom is 0.271 e. The second kappa shape index (κ2) is 6.76. The molecule has 2 aromatic rings. The number of hydrogen-bond donors (Lipinski definition) is 1. The summed E-state index contributed by atoms with van der Waals surface area (Å²) in [6, 6.07) is 9.30. The van der Waals surface area contributed by atoms with Gasteiger partial charge in [0.15, 0.2) is 0 Å².